The first kappa shape index (κ1) is 18.6. The molecule has 0 aromatic heterocycles. The predicted molar refractivity (Wildman–Crippen MR) is 95.8 cm³/mol. The topological polar surface area (TPSA) is 65.0 Å². The number of hydrogen-bond donors (Lipinski definition) is 1. The summed E-state index contributed by atoms with van der Waals surface area (Å²) in [5.41, 5.74) is 0.672. The monoisotopic (exact) mass is 356 g/mol. The van der Waals surface area contributed by atoms with Gasteiger partial charge in [-0.15, -0.1) is 0 Å². The quantitative estimate of drug-likeness (QED) is 0.655. The van der Waals surface area contributed by atoms with Crippen molar-refractivity contribution < 1.29 is 24.4 Å². The molecular formula is C21H24O5. The number of ether oxygens (including phenoxy) is 1. The van der Waals surface area contributed by atoms with Gasteiger partial charge in [-0.2, -0.15) is 4.89 Å². The van der Waals surface area contributed by atoms with E-state index in [1.165, 1.54) is 6.92 Å². The molecule has 1 N–H and O–H groups in total. The Hall–Kier alpha value is -2.21. The standard InChI is InChI=1S/C21H24O5/c1-3-14-24-19(22)18-15-21(26-25-20(18,2)23,16-10-6-4-7-11-16)17-12-8-5-9-13-17/h4-13,18,23H,3,14-15H2,1-2H3/t18-,20-/m1/s1. The van der Waals surface area contributed by atoms with E-state index in [0.29, 0.717) is 13.0 Å². The van der Waals surface area contributed by atoms with Crippen LogP contribution in [0.3, 0.4) is 0 Å². The van der Waals surface area contributed by atoms with E-state index in [0.717, 1.165) is 11.1 Å². The first-order valence-corrected chi connectivity index (χ1v) is 8.86. The van der Waals surface area contributed by atoms with Crippen LogP contribution >= 0.6 is 0 Å². The second kappa shape index (κ2) is 7.58. The van der Waals surface area contributed by atoms with Crippen LogP contribution in [0, 0.1) is 5.92 Å². The summed E-state index contributed by atoms with van der Waals surface area (Å²) >= 11 is 0. The van der Waals surface area contributed by atoms with Crippen LogP contribution in [-0.2, 0) is 24.9 Å². The lowest BCUT2D eigenvalue weighted by Gasteiger charge is -2.45. The van der Waals surface area contributed by atoms with Gasteiger partial charge < -0.3 is 9.84 Å². The van der Waals surface area contributed by atoms with Crippen LogP contribution in [0.4, 0.5) is 0 Å². The molecule has 3 rings (SSSR count). The summed E-state index contributed by atoms with van der Waals surface area (Å²) in [4.78, 5) is 23.7. The Kier molecular flexibility index (Phi) is 5.41. The van der Waals surface area contributed by atoms with Crippen LogP contribution in [0.2, 0.25) is 0 Å². The highest BCUT2D eigenvalue weighted by atomic mass is 17.2. The Morgan fingerprint density at radius 1 is 1.08 bits per heavy atom. The fraction of sp³-hybridized carbons (Fsp3) is 0.381. The fourth-order valence-corrected chi connectivity index (χ4v) is 3.24. The SMILES string of the molecule is CCCOC(=O)[C@H]1CC(c2ccccc2)(c2ccccc2)OO[C@@]1(C)O. The highest BCUT2D eigenvalue weighted by Gasteiger charge is 2.54. The van der Waals surface area contributed by atoms with E-state index >= 15 is 0 Å². The average molecular weight is 356 g/mol. The van der Waals surface area contributed by atoms with Crippen molar-refractivity contribution in [3.8, 4) is 0 Å². The summed E-state index contributed by atoms with van der Waals surface area (Å²) in [6, 6.07) is 19.1. The predicted octanol–water partition coefficient (Wildman–Crippen LogP) is 3.56. The Balaban J connectivity index is 2.04. The molecule has 1 saturated heterocycles. The van der Waals surface area contributed by atoms with Gasteiger partial charge in [0.15, 0.2) is 5.60 Å². The normalized spacial score (nSPS) is 24.8. The lowest BCUT2D eigenvalue weighted by molar-refractivity contribution is -0.489. The van der Waals surface area contributed by atoms with E-state index in [4.69, 9.17) is 14.5 Å². The Labute approximate surface area is 153 Å². The lowest BCUT2D eigenvalue weighted by Crippen LogP contribution is -2.53. The van der Waals surface area contributed by atoms with Gasteiger partial charge in [-0.1, -0.05) is 67.6 Å². The largest absolute Gasteiger partial charge is 0.465 e. The lowest BCUT2D eigenvalue weighted by atomic mass is 9.76. The summed E-state index contributed by atoms with van der Waals surface area (Å²) in [5.74, 6) is -3.14. The van der Waals surface area contributed by atoms with Gasteiger partial charge in [0.2, 0.25) is 5.79 Å². The van der Waals surface area contributed by atoms with Crippen molar-refractivity contribution in [3.63, 3.8) is 0 Å². The third kappa shape index (κ3) is 3.51. The molecule has 0 spiro atoms. The van der Waals surface area contributed by atoms with Crippen molar-refractivity contribution in [2.45, 2.75) is 38.1 Å². The van der Waals surface area contributed by atoms with Crippen LogP contribution in [0.15, 0.2) is 60.7 Å². The first-order valence-electron chi connectivity index (χ1n) is 8.86. The van der Waals surface area contributed by atoms with Gasteiger partial charge in [0.25, 0.3) is 0 Å². The number of esters is 1. The minimum Gasteiger partial charge on any atom is -0.465 e. The number of benzene rings is 2. The summed E-state index contributed by atoms with van der Waals surface area (Å²) in [5, 5.41) is 10.6. The molecule has 0 saturated carbocycles. The number of carbonyl (C=O) groups excluding carboxylic acids is 1. The second-order valence-electron chi connectivity index (χ2n) is 6.70. The summed E-state index contributed by atoms with van der Waals surface area (Å²) in [6.45, 7) is 3.64. The van der Waals surface area contributed by atoms with E-state index in [1.54, 1.807) is 0 Å². The molecule has 2 aromatic rings. The summed E-state index contributed by atoms with van der Waals surface area (Å²) in [6.07, 6.45) is 0.914. The molecule has 0 bridgehead atoms. The van der Waals surface area contributed by atoms with Crippen molar-refractivity contribution in [3.05, 3.63) is 71.8 Å². The maximum absolute atomic E-state index is 12.6. The zero-order chi connectivity index (χ0) is 18.6. The Morgan fingerprint density at radius 3 is 2.12 bits per heavy atom. The minimum absolute atomic E-state index is 0.205. The van der Waals surface area contributed by atoms with E-state index in [9.17, 15) is 9.90 Å². The van der Waals surface area contributed by atoms with E-state index in [-0.39, 0.29) is 6.42 Å². The molecule has 0 aliphatic carbocycles. The molecule has 0 amide bonds. The van der Waals surface area contributed by atoms with E-state index in [2.05, 4.69) is 0 Å². The molecule has 0 radical (unpaired) electrons. The molecule has 5 nitrogen and oxygen atoms in total. The summed E-state index contributed by atoms with van der Waals surface area (Å²) in [7, 11) is 0. The smallest absolute Gasteiger partial charge is 0.314 e. The van der Waals surface area contributed by atoms with Gasteiger partial charge in [0.05, 0.1) is 6.61 Å². The first-order chi connectivity index (χ1) is 12.5. The third-order valence-electron chi connectivity index (χ3n) is 4.70. The highest BCUT2D eigenvalue weighted by Crippen LogP contribution is 2.47. The molecule has 5 heteroatoms. The van der Waals surface area contributed by atoms with Crippen LogP contribution in [0.1, 0.15) is 37.8 Å². The van der Waals surface area contributed by atoms with Crippen molar-refractivity contribution in [2.75, 3.05) is 6.61 Å². The van der Waals surface area contributed by atoms with Gasteiger partial charge in [-0.3, -0.25) is 4.79 Å². The van der Waals surface area contributed by atoms with Gasteiger partial charge in [0, 0.05) is 6.42 Å². The van der Waals surface area contributed by atoms with Crippen molar-refractivity contribution in [1.82, 2.24) is 0 Å². The van der Waals surface area contributed by atoms with Gasteiger partial charge in [0.1, 0.15) is 5.92 Å². The van der Waals surface area contributed by atoms with Crippen LogP contribution in [-0.4, -0.2) is 23.5 Å². The average Bonchev–Trinajstić information content (AvgIpc) is 2.67. The zero-order valence-electron chi connectivity index (χ0n) is 15.1. The maximum Gasteiger partial charge on any atom is 0.314 e. The van der Waals surface area contributed by atoms with Crippen LogP contribution in [0.5, 0.6) is 0 Å². The molecule has 2 aromatic carbocycles. The molecule has 0 unspecified atom stereocenters. The molecular weight excluding hydrogens is 332 g/mol. The number of hydrogen-bond acceptors (Lipinski definition) is 5. The van der Waals surface area contributed by atoms with Crippen molar-refractivity contribution in [2.24, 2.45) is 5.92 Å². The summed E-state index contributed by atoms with van der Waals surface area (Å²) < 4.78 is 5.30. The minimum atomic E-state index is -1.77. The van der Waals surface area contributed by atoms with Gasteiger partial charge in [-0.25, -0.2) is 4.89 Å². The van der Waals surface area contributed by atoms with E-state index < -0.39 is 23.3 Å². The molecule has 1 aliphatic heterocycles. The van der Waals surface area contributed by atoms with Crippen molar-refractivity contribution >= 4 is 5.97 Å². The fourth-order valence-electron chi connectivity index (χ4n) is 3.24. The second-order valence-corrected chi connectivity index (χ2v) is 6.70. The maximum atomic E-state index is 12.6. The van der Waals surface area contributed by atoms with Gasteiger partial charge >= 0.3 is 5.97 Å². The molecule has 2 atom stereocenters. The molecule has 26 heavy (non-hydrogen) atoms. The highest BCUT2D eigenvalue weighted by molar-refractivity contribution is 5.74. The number of carbonyl (C=O) groups is 1. The zero-order valence-corrected chi connectivity index (χ0v) is 15.1. The molecule has 138 valence electrons. The van der Waals surface area contributed by atoms with Crippen molar-refractivity contribution in [1.29, 1.82) is 0 Å². The van der Waals surface area contributed by atoms with E-state index in [1.807, 2.05) is 67.6 Å². The number of rotatable bonds is 5. The van der Waals surface area contributed by atoms with Crippen LogP contribution in [0.25, 0.3) is 0 Å². The third-order valence-corrected chi connectivity index (χ3v) is 4.70. The molecule has 1 heterocycles. The van der Waals surface area contributed by atoms with Crippen LogP contribution < -0.4 is 0 Å². The molecule has 1 fully saturated rings. The Bertz CT molecular complexity index is 687. The number of aliphatic hydroxyl groups is 1. The molecule has 1 aliphatic rings. The Morgan fingerprint density at radius 2 is 1.62 bits per heavy atom. The van der Waals surface area contributed by atoms with Gasteiger partial charge in [-0.05, 0) is 24.5 Å².